The van der Waals surface area contributed by atoms with Gasteiger partial charge >= 0.3 is 5.97 Å². The molecule has 1 N–H and O–H groups in total. The highest BCUT2D eigenvalue weighted by molar-refractivity contribution is 5.66. The molecule has 0 bridgehead atoms. The van der Waals surface area contributed by atoms with E-state index < -0.39 is 5.97 Å². The molecule has 4 heteroatoms. The lowest BCUT2D eigenvalue weighted by Crippen LogP contribution is -2.39. The fraction of sp³-hybridized carbons (Fsp3) is 0.611. The number of likely N-dealkylation sites (tertiary alicyclic amines) is 1. The van der Waals surface area contributed by atoms with Crippen LogP contribution < -0.4 is 0 Å². The number of aliphatic carboxylic acids is 1. The molecule has 4 nitrogen and oxygen atoms in total. The lowest BCUT2D eigenvalue weighted by molar-refractivity contribution is -0.137. The normalized spacial score (nSPS) is 22.3. The van der Waals surface area contributed by atoms with Crippen LogP contribution in [-0.2, 0) is 29.1 Å². The van der Waals surface area contributed by atoms with Gasteiger partial charge in [0.2, 0.25) is 0 Å². The number of hydrogen-bond acceptors (Lipinski definition) is 3. The van der Waals surface area contributed by atoms with Gasteiger partial charge in [-0.2, -0.15) is 0 Å². The van der Waals surface area contributed by atoms with Crippen molar-refractivity contribution in [3.05, 3.63) is 34.9 Å². The molecule has 2 aliphatic rings. The average Bonchev–Trinajstić information content (AvgIpc) is 2.54. The average molecular weight is 303 g/mol. The van der Waals surface area contributed by atoms with Gasteiger partial charge in [-0.3, -0.25) is 9.69 Å². The van der Waals surface area contributed by atoms with E-state index in [0.717, 1.165) is 45.6 Å². The maximum atomic E-state index is 10.9. The van der Waals surface area contributed by atoms with E-state index in [9.17, 15) is 4.79 Å². The summed E-state index contributed by atoms with van der Waals surface area (Å²) in [6.45, 7) is 3.58. The van der Waals surface area contributed by atoms with Gasteiger partial charge in [-0.15, -0.1) is 0 Å². The van der Waals surface area contributed by atoms with Gasteiger partial charge < -0.3 is 9.84 Å². The van der Waals surface area contributed by atoms with E-state index in [1.165, 1.54) is 29.5 Å². The number of carbonyl (C=O) groups is 1. The number of hydrogen-bond donors (Lipinski definition) is 1. The molecule has 2 aliphatic heterocycles. The molecule has 0 spiro atoms. The highest BCUT2D eigenvalue weighted by Gasteiger charge is 2.24. The predicted molar refractivity (Wildman–Crippen MR) is 84.7 cm³/mol. The van der Waals surface area contributed by atoms with Gasteiger partial charge in [0.1, 0.15) is 0 Å². The molecule has 1 saturated heterocycles. The zero-order valence-electron chi connectivity index (χ0n) is 13.1. The van der Waals surface area contributed by atoms with Crippen molar-refractivity contribution in [2.24, 2.45) is 0 Å². The van der Waals surface area contributed by atoms with Crippen LogP contribution in [0, 0.1) is 0 Å². The van der Waals surface area contributed by atoms with E-state index in [0.29, 0.717) is 6.04 Å². The highest BCUT2D eigenvalue weighted by atomic mass is 16.5. The number of piperidine rings is 1. The monoisotopic (exact) mass is 303 g/mol. The fourth-order valence-corrected chi connectivity index (χ4v) is 3.75. The molecule has 120 valence electrons. The third-order valence-corrected chi connectivity index (χ3v) is 4.94. The maximum absolute atomic E-state index is 10.9. The molecule has 0 saturated carbocycles. The van der Waals surface area contributed by atoms with Crippen LogP contribution >= 0.6 is 0 Å². The first-order valence-corrected chi connectivity index (χ1v) is 8.37. The summed E-state index contributed by atoms with van der Waals surface area (Å²) in [6.07, 6.45) is 5.63. The van der Waals surface area contributed by atoms with E-state index in [-0.39, 0.29) is 6.42 Å². The van der Waals surface area contributed by atoms with Gasteiger partial charge in [-0.25, -0.2) is 0 Å². The van der Waals surface area contributed by atoms with Crippen molar-refractivity contribution in [1.29, 1.82) is 0 Å². The van der Waals surface area contributed by atoms with Gasteiger partial charge in [-0.05, 0) is 48.9 Å². The minimum absolute atomic E-state index is 0.280. The number of benzene rings is 1. The van der Waals surface area contributed by atoms with Gasteiger partial charge in [-0.1, -0.05) is 24.6 Å². The van der Waals surface area contributed by atoms with E-state index >= 15 is 0 Å². The number of carboxylic acid groups (broad SMARTS) is 1. The quantitative estimate of drug-likeness (QED) is 0.908. The molecule has 0 amide bonds. The van der Waals surface area contributed by atoms with Crippen LogP contribution in [0.2, 0.25) is 0 Å². The second-order valence-electron chi connectivity index (χ2n) is 6.41. The summed E-state index contributed by atoms with van der Waals surface area (Å²) in [7, 11) is 0. The number of fused-ring (bicyclic) bond motifs is 1. The van der Waals surface area contributed by atoms with Crippen molar-refractivity contribution in [2.75, 3.05) is 13.2 Å². The van der Waals surface area contributed by atoms with Gasteiger partial charge in [0, 0.05) is 19.0 Å². The summed E-state index contributed by atoms with van der Waals surface area (Å²) in [5.41, 5.74) is 4.18. The molecule has 0 aliphatic carbocycles. The summed E-state index contributed by atoms with van der Waals surface area (Å²) in [6, 6.07) is 6.93. The molecule has 1 unspecified atom stereocenters. The Balaban J connectivity index is 1.71. The Kier molecular flexibility index (Phi) is 5.11. The van der Waals surface area contributed by atoms with Crippen molar-refractivity contribution in [2.45, 2.75) is 57.7 Å². The second kappa shape index (κ2) is 7.25. The third kappa shape index (κ3) is 3.68. The number of rotatable bonds is 5. The highest BCUT2D eigenvalue weighted by Crippen LogP contribution is 2.27. The Morgan fingerprint density at radius 1 is 1.36 bits per heavy atom. The van der Waals surface area contributed by atoms with Crippen LogP contribution in [0.5, 0.6) is 0 Å². The van der Waals surface area contributed by atoms with E-state index in [1.54, 1.807) is 0 Å². The molecular weight excluding hydrogens is 278 g/mol. The van der Waals surface area contributed by atoms with Crippen LogP contribution in [0.4, 0.5) is 0 Å². The molecule has 3 rings (SSSR count). The summed E-state index contributed by atoms with van der Waals surface area (Å²) >= 11 is 0. The zero-order chi connectivity index (χ0) is 15.4. The Bertz CT molecular complexity index is 529. The Hall–Kier alpha value is -1.39. The standard InChI is InChI=1S/C18H25NO3/c20-18(21)8-7-16-6-1-2-10-19(16)12-14-4-3-5-15-13-22-11-9-17(14)15/h3-5,16H,1-2,6-13H2,(H,20,21). The lowest BCUT2D eigenvalue weighted by Gasteiger charge is -2.36. The number of carboxylic acids is 1. The molecule has 0 aromatic heterocycles. The largest absolute Gasteiger partial charge is 0.481 e. The minimum Gasteiger partial charge on any atom is -0.481 e. The van der Waals surface area contributed by atoms with Gasteiger partial charge in [0.25, 0.3) is 0 Å². The van der Waals surface area contributed by atoms with Crippen molar-refractivity contribution in [3.63, 3.8) is 0 Å². The predicted octanol–water partition coefficient (Wildman–Crippen LogP) is 2.98. The molecule has 22 heavy (non-hydrogen) atoms. The summed E-state index contributed by atoms with van der Waals surface area (Å²) < 4.78 is 5.55. The second-order valence-corrected chi connectivity index (χ2v) is 6.41. The van der Waals surface area contributed by atoms with Gasteiger partial charge in [0.15, 0.2) is 0 Å². The van der Waals surface area contributed by atoms with Crippen molar-refractivity contribution in [3.8, 4) is 0 Å². The SMILES string of the molecule is O=C(O)CCC1CCCCN1Cc1cccc2c1CCOC2. The molecule has 1 aromatic rings. The first-order chi connectivity index (χ1) is 10.7. The van der Waals surface area contributed by atoms with Crippen LogP contribution in [0.25, 0.3) is 0 Å². The minimum atomic E-state index is -0.681. The molecule has 0 radical (unpaired) electrons. The first kappa shape index (κ1) is 15.5. The van der Waals surface area contributed by atoms with Crippen molar-refractivity contribution >= 4 is 5.97 Å². The molecule has 1 aromatic carbocycles. The van der Waals surface area contributed by atoms with Crippen LogP contribution in [0.15, 0.2) is 18.2 Å². The van der Waals surface area contributed by atoms with E-state index in [2.05, 4.69) is 23.1 Å². The number of nitrogens with zero attached hydrogens (tertiary/aromatic N) is 1. The molecular formula is C18H25NO3. The lowest BCUT2D eigenvalue weighted by atomic mass is 9.93. The summed E-state index contributed by atoms with van der Waals surface area (Å²) in [5.74, 6) is -0.681. The molecule has 1 fully saturated rings. The molecule has 2 heterocycles. The smallest absolute Gasteiger partial charge is 0.303 e. The summed E-state index contributed by atoms with van der Waals surface area (Å²) in [5, 5.41) is 8.95. The van der Waals surface area contributed by atoms with E-state index in [4.69, 9.17) is 9.84 Å². The molecule has 1 atom stereocenters. The zero-order valence-corrected chi connectivity index (χ0v) is 13.1. The summed E-state index contributed by atoms with van der Waals surface area (Å²) in [4.78, 5) is 13.4. The van der Waals surface area contributed by atoms with Crippen LogP contribution in [-0.4, -0.2) is 35.2 Å². The Labute approximate surface area is 132 Å². The van der Waals surface area contributed by atoms with E-state index in [1.807, 2.05) is 0 Å². The number of ether oxygens (including phenoxy) is 1. The topological polar surface area (TPSA) is 49.8 Å². The third-order valence-electron chi connectivity index (χ3n) is 4.94. The Morgan fingerprint density at radius 2 is 2.27 bits per heavy atom. The maximum Gasteiger partial charge on any atom is 0.303 e. The Morgan fingerprint density at radius 3 is 3.14 bits per heavy atom. The first-order valence-electron chi connectivity index (χ1n) is 8.37. The van der Waals surface area contributed by atoms with Crippen LogP contribution in [0.1, 0.15) is 48.8 Å². The van der Waals surface area contributed by atoms with Crippen molar-refractivity contribution in [1.82, 2.24) is 4.90 Å². The van der Waals surface area contributed by atoms with Crippen molar-refractivity contribution < 1.29 is 14.6 Å². The fourth-order valence-electron chi connectivity index (χ4n) is 3.75. The van der Waals surface area contributed by atoms with Gasteiger partial charge in [0.05, 0.1) is 13.2 Å². The van der Waals surface area contributed by atoms with Crippen LogP contribution in [0.3, 0.4) is 0 Å².